The Morgan fingerprint density at radius 3 is 1.61 bits per heavy atom. The molecule has 312 valence electrons. The number of rotatable bonds is 2. The summed E-state index contributed by atoms with van der Waals surface area (Å²) in [6.45, 7) is 33.6. The molecule has 57 heavy (non-hydrogen) atoms. The lowest BCUT2D eigenvalue weighted by atomic mass is 9.85. The highest BCUT2D eigenvalue weighted by atomic mass is 15.1. The molecule has 0 fully saturated rings. The van der Waals surface area contributed by atoms with Gasteiger partial charge in [-0.3, -0.25) is 9.88 Å². The Balaban J connectivity index is 0.000000168. The zero-order chi connectivity index (χ0) is 41.1. The van der Waals surface area contributed by atoms with Gasteiger partial charge in [-0.1, -0.05) is 171 Å². The van der Waals surface area contributed by atoms with Gasteiger partial charge in [-0.2, -0.15) is 0 Å². The lowest BCUT2D eigenvalue weighted by Crippen LogP contribution is -2.12. The topological polar surface area (TPSA) is 28.2 Å². The molecule has 3 aromatic carbocycles. The van der Waals surface area contributed by atoms with Gasteiger partial charge in [0.15, 0.2) is 0 Å². The standard InChI is InChI=1S/C16H24.C13H19N.C13H18.C11H16N2.CH4/c1-5-6-12-9-13-7-8-15(16(2,3)4)11-14(13)10-12;1-13(2,3)12-6-5-10-8-14(4)9-11(10)7-12;1-13(2,3)12-8-7-10-5-4-6-11(10)9-12;1-11(2,3)9-4-8-5-12-7-10(8)13-6-9;/h7-8,11-12H,5-6,9-10H2,1-4H3;5-7H,8-9H2,1-4H3;7-9H,4-6H2,1-3H3;4,6,12H,5,7H2,1-3H3;1H4. The average molecular weight is 772 g/mol. The Kier molecular flexibility index (Phi) is 15.3. The number of benzene rings is 3. The van der Waals surface area contributed by atoms with Crippen molar-refractivity contribution in [1.29, 1.82) is 0 Å². The molecule has 1 unspecified atom stereocenters. The number of hydrogen-bond donors (Lipinski definition) is 1. The molecule has 0 saturated carbocycles. The molecule has 3 nitrogen and oxygen atoms in total. The fourth-order valence-corrected chi connectivity index (χ4v) is 8.43. The zero-order valence-electron chi connectivity index (χ0n) is 38.1. The van der Waals surface area contributed by atoms with Gasteiger partial charge in [0.25, 0.3) is 0 Å². The van der Waals surface area contributed by atoms with Gasteiger partial charge in [-0.05, 0) is 128 Å². The van der Waals surface area contributed by atoms with E-state index in [1.165, 1.54) is 89.6 Å². The van der Waals surface area contributed by atoms with E-state index >= 15 is 0 Å². The average Bonchev–Trinajstić information content (AvgIpc) is 3.91. The Hall–Kier alpha value is -3.27. The minimum atomic E-state index is 0. The molecule has 1 N–H and O–H groups in total. The highest BCUT2D eigenvalue weighted by molar-refractivity contribution is 5.40. The van der Waals surface area contributed by atoms with E-state index in [2.05, 4.69) is 173 Å². The van der Waals surface area contributed by atoms with E-state index in [0.29, 0.717) is 5.41 Å². The Morgan fingerprint density at radius 1 is 0.561 bits per heavy atom. The Morgan fingerprint density at radius 2 is 1.04 bits per heavy atom. The number of nitrogens with one attached hydrogen (secondary N) is 1. The maximum Gasteiger partial charge on any atom is 0.0586 e. The fourth-order valence-electron chi connectivity index (χ4n) is 8.43. The monoisotopic (exact) mass is 772 g/mol. The maximum atomic E-state index is 4.46. The Bertz CT molecular complexity index is 1850. The molecule has 0 spiro atoms. The van der Waals surface area contributed by atoms with Gasteiger partial charge in [0.05, 0.1) is 5.69 Å². The van der Waals surface area contributed by atoms with E-state index in [4.69, 9.17) is 0 Å². The molecule has 2 aliphatic carbocycles. The van der Waals surface area contributed by atoms with E-state index < -0.39 is 0 Å². The predicted octanol–water partition coefficient (Wildman–Crippen LogP) is 13.5. The van der Waals surface area contributed by atoms with Gasteiger partial charge in [-0.15, -0.1) is 0 Å². The van der Waals surface area contributed by atoms with Crippen LogP contribution in [0.3, 0.4) is 0 Å². The summed E-state index contributed by atoms with van der Waals surface area (Å²) in [5.74, 6) is 0.912. The fraction of sp³-hybridized carbons (Fsp3) is 0.574. The SMILES string of the molecule is C.CC(C)(C)c1ccc2c(c1)CCC2.CC(C)(C)c1cnc2c(c1)CNC2.CCCC1Cc2ccc(C(C)(C)C)cc2C1.CN1Cc2ccc(C(C)(C)C)cc2C1. The van der Waals surface area contributed by atoms with Crippen LogP contribution >= 0.6 is 0 Å². The molecule has 0 saturated heterocycles. The summed E-state index contributed by atoms with van der Waals surface area (Å²) >= 11 is 0. The highest BCUT2D eigenvalue weighted by Gasteiger charge is 2.24. The lowest BCUT2D eigenvalue weighted by molar-refractivity contribution is 0.353. The number of nitrogens with zero attached hydrogens (tertiary/aromatic N) is 2. The molecule has 1 atom stereocenters. The molecule has 4 aliphatic rings. The van der Waals surface area contributed by atoms with Crippen molar-refractivity contribution >= 4 is 0 Å². The molecular weight excluding hydrogens is 691 g/mol. The first-order valence-electron chi connectivity index (χ1n) is 21.9. The quantitative estimate of drug-likeness (QED) is 0.220. The van der Waals surface area contributed by atoms with Gasteiger partial charge < -0.3 is 5.32 Å². The number of hydrogen-bond acceptors (Lipinski definition) is 3. The van der Waals surface area contributed by atoms with Crippen LogP contribution < -0.4 is 5.32 Å². The van der Waals surface area contributed by atoms with Gasteiger partial charge in [-0.25, -0.2) is 0 Å². The van der Waals surface area contributed by atoms with Crippen LogP contribution in [-0.4, -0.2) is 16.9 Å². The van der Waals surface area contributed by atoms with Crippen LogP contribution in [0.15, 0.2) is 66.9 Å². The van der Waals surface area contributed by atoms with E-state index in [9.17, 15) is 0 Å². The first-order valence-corrected chi connectivity index (χ1v) is 21.9. The largest absolute Gasteiger partial charge is 0.307 e. The van der Waals surface area contributed by atoms with E-state index in [-0.39, 0.29) is 23.7 Å². The summed E-state index contributed by atoms with van der Waals surface area (Å²) < 4.78 is 0. The minimum absolute atomic E-state index is 0. The van der Waals surface area contributed by atoms with Crippen LogP contribution in [0.4, 0.5) is 0 Å². The second-order valence-corrected chi connectivity index (χ2v) is 21.5. The third-order valence-corrected chi connectivity index (χ3v) is 12.2. The van der Waals surface area contributed by atoms with Crippen molar-refractivity contribution < 1.29 is 0 Å². The molecule has 2 aliphatic heterocycles. The van der Waals surface area contributed by atoms with Crippen molar-refractivity contribution in [3.05, 3.63) is 134 Å². The van der Waals surface area contributed by atoms with Crippen LogP contribution in [0.5, 0.6) is 0 Å². The van der Waals surface area contributed by atoms with Crippen molar-refractivity contribution in [3.63, 3.8) is 0 Å². The normalized spacial score (nSPS) is 17.1. The first kappa shape index (κ1) is 46.4. The number of aryl methyl sites for hydroxylation is 2. The highest BCUT2D eigenvalue weighted by Crippen LogP contribution is 2.34. The molecule has 3 heteroatoms. The summed E-state index contributed by atoms with van der Waals surface area (Å²) in [7, 11) is 2.18. The first-order chi connectivity index (χ1) is 26.1. The third kappa shape index (κ3) is 12.6. The molecular formula is C54H81N3. The molecule has 0 radical (unpaired) electrons. The lowest BCUT2D eigenvalue weighted by Gasteiger charge is -2.19. The van der Waals surface area contributed by atoms with Gasteiger partial charge in [0.1, 0.15) is 0 Å². The van der Waals surface area contributed by atoms with E-state index in [1.54, 1.807) is 22.3 Å². The maximum absolute atomic E-state index is 4.46. The third-order valence-electron chi connectivity index (χ3n) is 12.2. The van der Waals surface area contributed by atoms with E-state index in [0.717, 1.165) is 32.1 Å². The van der Waals surface area contributed by atoms with Crippen LogP contribution in [0.1, 0.15) is 184 Å². The van der Waals surface area contributed by atoms with Gasteiger partial charge >= 0.3 is 0 Å². The molecule has 3 heterocycles. The van der Waals surface area contributed by atoms with Gasteiger partial charge in [0, 0.05) is 32.4 Å². The van der Waals surface area contributed by atoms with Crippen LogP contribution in [-0.2, 0) is 73.5 Å². The summed E-state index contributed by atoms with van der Waals surface area (Å²) in [6.07, 6.45) is 11.3. The molecule has 1 aromatic heterocycles. The van der Waals surface area contributed by atoms with Crippen LogP contribution in [0, 0.1) is 5.92 Å². The minimum Gasteiger partial charge on any atom is -0.307 e. The number of pyridine rings is 1. The molecule has 8 rings (SSSR count). The van der Waals surface area contributed by atoms with Crippen LogP contribution in [0.25, 0.3) is 0 Å². The smallest absolute Gasteiger partial charge is 0.0586 e. The molecule has 0 bridgehead atoms. The predicted molar refractivity (Wildman–Crippen MR) is 249 cm³/mol. The number of fused-ring (bicyclic) bond motifs is 4. The second kappa shape index (κ2) is 18.8. The molecule has 0 amide bonds. The summed E-state index contributed by atoms with van der Waals surface area (Å²) in [4.78, 5) is 6.82. The second-order valence-electron chi connectivity index (χ2n) is 21.5. The van der Waals surface area contributed by atoms with Crippen molar-refractivity contribution in [2.75, 3.05) is 7.05 Å². The number of aromatic nitrogens is 1. The van der Waals surface area contributed by atoms with Crippen molar-refractivity contribution in [3.8, 4) is 0 Å². The van der Waals surface area contributed by atoms with Crippen molar-refractivity contribution in [2.24, 2.45) is 5.92 Å². The van der Waals surface area contributed by atoms with Gasteiger partial charge in [0.2, 0.25) is 0 Å². The van der Waals surface area contributed by atoms with Crippen molar-refractivity contribution in [2.45, 2.75) is 190 Å². The van der Waals surface area contributed by atoms with Crippen LogP contribution in [0.2, 0.25) is 0 Å². The zero-order valence-corrected chi connectivity index (χ0v) is 38.1. The Labute approximate surface area is 350 Å². The molecule has 4 aromatic rings. The summed E-state index contributed by atoms with van der Waals surface area (Å²) in [5, 5.41) is 3.30. The summed E-state index contributed by atoms with van der Waals surface area (Å²) in [6, 6.07) is 23.4. The van der Waals surface area contributed by atoms with E-state index in [1.807, 2.05) is 6.20 Å². The van der Waals surface area contributed by atoms with Crippen molar-refractivity contribution in [1.82, 2.24) is 15.2 Å². The summed E-state index contributed by atoms with van der Waals surface area (Å²) in [5.41, 5.74) is 18.8.